The maximum atomic E-state index is 12.1. The van der Waals surface area contributed by atoms with Gasteiger partial charge >= 0.3 is 0 Å². The van der Waals surface area contributed by atoms with Crippen LogP contribution in [0.1, 0.15) is 11.6 Å². The number of carbonyl (C=O) groups is 1. The first-order chi connectivity index (χ1) is 7.52. The molecule has 0 saturated heterocycles. The predicted molar refractivity (Wildman–Crippen MR) is 64.3 cm³/mol. The van der Waals surface area contributed by atoms with Crippen LogP contribution < -0.4 is 5.73 Å². The van der Waals surface area contributed by atoms with Crippen LogP contribution in [0, 0.1) is 0 Å². The van der Waals surface area contributed by atoms with Gasteiger partial charge in [0.1, 0.15) is 6.04 Å². The van der Waals surface area contributed by atoms with Gasteiger partial charge in [-0.15, -0.1) is 12.4 Å². The van der Waals surface area contributed by atoms with Gasteiger partial charge in [0.25, 0.3) is 6.43 Å². The lowest BCUT2D eigenvalue weighted by Gasteiger charge is -2.20. The number of alkyl halides is 2. The van der Waals surface area contributed by atoms with Crippen LogP contribution in [0.5, 0.6) is 0 Å². The highest BCUT2D eigenvalue weighted by Crippen LogP contribution is 2.12. The van der Waals surface area contributed by atoms with Gasteiger partial charge in [0.15, 0.2) is 0 Å². The topological polar surface area (TPSA) is 46.3 Å². The molecule has 1 aromatic carbocycles. The molecular formula is C11H15ClF2N2O. The van der Waals surface area contributed by atoms with Crippen molar-refractivity contribution >= 4 is 18.3 Å². The molecule has 96 valence electrons. The maximum Gasteiger partial charge on any atom is 0.255 e. The summed E-state index contributed by atoms with van der Waals surface area (Å²) < 4.78 is 24.2. The highest BCUT2D eigenvalue weighted by atomic mass is 35.5. The summed E-state index contributed by atoms with van der Waals surface area (Å²) in [6.45, 7) is -0.598. The molecule has 0 radical (unpaired) electrons. The third kappa shape index (κ3) is 4.66. The van der Waals surface area contributed by atoms with E-state index < -0.39 is 24.9 Å². The number of nitrogens with two attached hydrogens (primary N) is 1. The minimum atomic E-state index is -2.54. The Morgan fingerprint density at radius 1 is 1.35 bits per heavy atom. The number of amides is 1. The summed E-state index contributed by atoms with van der Waals surface area (Å²) in [6.07, 6.45) is -2.54. The van der Waals surface area contributed by atoms with Crippen LogP contribution >= 0.6 is 12.4 Å². The van der Waals surface area contributed by atoms with Gasteiger partial charge in [-0.2, -0.15) is 0 Å². The molecule has 0 aromatic heterocycles. The average molecular weight is 265 g/mol. The molecule has 3 nitrogen and oxygen atoms in total. The van der Waals surface area contributed by atoms with Crippen LogP contribution in [-0.2, 0) is 4.79 Å². The lowest BCUT2D eigenvalue weighted by atomic mass is 10.1. The first-order valence-corrected chi connectivity index (χ1v) is 4.86. The molecule has 1 rings (SSSR count). The minimum absolute atomic E-state index is 0. The number of nitrogens with zero attached hydrogens (tertiary/aromatic N) is 1. The number of benzene rings is 1. The van der Waals surface area contributed by atoms with Gasteiger partial charge in [-0.05, 0) is 5.56 Å². The molecule has 0 saturated carbocycles. The molecule has 17 heavy (non-hydrogen) atoms. The zero-order valence-electron chi connectivity index (χ0n) is 9.35. The molecule has 0 heterocycles. The van der Waals surface area contributed by atoms with E-state index in [2.05, 4.69) is 0 Å². The van der Waals surface area contributed by atoms with Crippen molar-refractivity contribution < 1.29 is 13.6 Å². The Labute approximate surface area is 105 Å². The Morgan fingerprint density at radius 2 is 1.88 bits per heavy atom. The number of hydrogen-bond donors (Lipinski definition) is 1. The summed E-state index contributed by atoms with van der Waals surface area (Å²) in [5, 5.41) is 0. The molecule has 0 aliphatic carbocycles. The van der Waals surface area contributed by atoms with E-state index in [4.69, 9.17) is 5.73 Å². The van der Waals surface area contributed by atoms with E-state index in [1.165, 1.54) is 7.05 Å². The van der Waals surface area contributed by atoms with Gasteiger partial charge in [-0.25, -0.2) is 8.78 Å². The van der Waals surface area contributed by atoms with Crippen molar-refractivity contribution in [2.75, 3.05) is 13.6 Å². The minimum Gasteiger partial charge on any atom is -0.338 e. The maximum absolute atomic E-state index is 12.1. The second-order valence-electron chi connectivity index (χ2n) is 3.50. The number of carbonyl (C=O) groups excluding carboxylic acids is 1. The number of halogens is 3. The number of likely N-dealkylation sites (N-methyl/N-ethyl adjacent to an activating group) is 1. The molecular weight excluding hydrogens is 250 g/mol. The molecule has 0 fully saturated rings. The molecule has 1 aromatic rings. The fraction of sp³-hybridized carbons (Fsp3) is 0.364. The van der Waals surface area contributed by atoms with Crippen molar-refractivity contribution in [2.24, 2.45) is 5.73 Å². The van der Waals surface area contributed by atoms with Crippen LogP contribution in [0.25, 0.3) is 0 Å². The standard InChI is InChI=1S/C11H14F2N2O.ClH/c1-15(7-9(12)13)11(16)10(14)8-5-3-2-4-6-8;/h2-6,9-10H,7,14H2,1H3;1H. The van der Waals surface area contributed by atoms with Gasteiger partial charge in [-0.1, -0.05) is 30.3 Å². The lowest BCUT2D eigenvalue weighted by Crippen LogP contribution is -2.38. The summed E-state index contributed by atoms with van der Waals surface area (Å²) in [5.74, 6) is -0.508. The van der Waals surface area contributed by atoms with E-state index in [0.717, 1.165) is 4.90 Å². The molecule has 1 amide bonds. The van der Waals surface area contributed by atoms with Crippen LogP contribution in [0.15, 0.2) is 30.3 Å². The molecule has 0 spiro atoms. The molecule has 6 heteroatoms. The second-order valence-corrected chi connectivity index (χ2v) is 3.50. The van der Waals surface area contributed by atoms with E-state index in [-0.39, 0.29) is 12.4 Å². The van der Waals surface area contributed by atoms with Crippen LogP contribution in [0.2, 0.25) is 0 Å². The summed E-state index contributed by atoms with van der Waals surface area (Å²) in [7, 11) is 1.32. The Morgan fingerprint density at radius 3 is 2.35 bits per heavy atom. The van der Waals surface area contributed by atoms with Crippen LogP contribution in [0.4, 0.5) is 8.78 Å². The molecule has 2 N–H and O–H groups in total. The summed E-state index contributed by atoms with van der Waals surface area (Å²) in [5.41, 5.74) is 6.30. The summed E-state index contributed by atoms with van der Waals surface area (Å²) in [4.78, 5) is 12.6. The summed E-state index contributed by atoms with van der Waals surface area (Å²) >= 11 is 0. The lowest BCUT2D eigenvalue weighted by molar-refractivity contribution is -0.133. The van der Waals surface area contributed by atoms with Crippen molar-refractivity contribution in [1.29, 1.82) is 0 Å². The van der Waals surface area contributed by atoms with Gasteiger partial charge in [0.2, 0.25) is 5.91 Å². The first-order valence-electron chi connectivity index (χ1n) is 4.86. The van der Waals surface area contributed by atoms with E-state index in [0.29, 0.717) is 5.56 Å². The molecule has 1 unspecified atom stereocenters. The van der Waals surface area contributed by atoms with Crippen molar-refractivity contribution in [3.05, 3.63) is 35.9 Å². The van der Waals surface area contributed by atoms with Crippen molar-refractivity contribution in [3.8, 4) is 0 Å². The third-order valence-corrected chi connectivity index (χ3v) is 2.21. The van der Waals surface area contributed by atoms with Gasteiger partial charge < -0.3 is 10.6 Å². The first kappa shape index (κ1) is 15.8. The summed E-state index contributed by atoms with van der Waals surface area (Å²) in [6, 6.07) is 7.79. The van der Waals surface area contributed by atoms with Crippen LogP contribution in [-0.4, -0.2) is 30.8 Å². The molecule has 0 aliphatic rings. The quantitative estimate of drug-likeness (QED) is 0.902. The predicted octanol–water partition coefficient (Wildman–Crippen LogP) is 1.83. The Balaban J connectivity index is 0.00000256. The van der Waals surface area contributed by atoms with E-state index in [1.807, 2.05) is 0 Å². The third-order valence-electron chi connectivity index (χ3n) is 2.21. The number of hydrogen-bond acceptors (Lipinski definition) is 2. The van der Waals surface area contributed by atoms with E-state index in [1.54, 1.807) is 30.3 Å². The van der Waals surface area contributed by atoms with Gasteiger partial charge in [0, 0.05) is 7.05 Å². The van der Waals surface area contributed by atoms with Crippen molar-refractivity contribution in [2.45, 2.75) is 12.5 Å². The number of rotatable bonds is 4. The Bertz CT molecular complexity index is 349. The smallest absolute Gasteiger partial charge is 0.255 e. The molecule has 0 aliphatic heterocycles. The zero-order chi connectivity index (χ0) is 12.1. The van der Waals surface area contributed by atoms with Crippen molar-refractivity contribution in [3.63, 3.8) is 0 Å². The van der Waals surface area contributed by atoms with Crippen molar-refractivity contribution in [1.82, 2.24) is 4.90 Å². The fourth-order valence-corrected chi connectivity index (χ4v) is 1.34. The average Bonchev–Trinajstić information content (AvgIpc) is 2.27. The Kier molecular flexibility index (Phi) is 6.68. The Hall–Kier alpha value is -1.20. The zero-order valence-corrected chi connectivity index (χ0v) is 10.2. The monoisotopic (exact) mass is 264 g/mol. The fourth-order valence-electron chi connectivity index (χ4n) is 1.34. The SMILES string of the molecule is CN(CC(F)F)C(=O)C(N)c1ccccc1.Cl. The molecule has 0 bridgehead atoms. The highest BCUT2D eigenvalue weighted by Gasteiger charge is 2.21. The van der Waals surface area contributed by atoms with Gasteiger partial charge in [-0.3, -0.25) is 4.79 Å². The molecule has 1 atom stereocenters. The van der Waals surface area contributed by atoms with E-state index >= 15 is 0 Å². The highest BCUT2D eigenvalue weighted by molar-refractivity contribution is 5.85. The van der Waals surface area contributed by atoms with E-state index in [9.17, 15) is 13.6 Å². The largest absolute Gasteiger partial charge is 0.338 e. The van der Waals surface area contributed by atoms with Crippen LogP contribution in [0.3, 0.4) is 0 Å². The normalized spacial score (nSPS) is 11.8. The second kappa shape index (κ2) is 7.19. The van der Waals surface area contributed by atoms with Gasteiger partial charge in [0.05, 0.1) is 6.54 Å².